The third-order valence-corrected chi connectivity index (χ3v) is 11.6. The number of halogens is 3. The van der Waals surface area contributed by atoms with Gasteiger partial charge in [0.25, 0.3) is 3.79 Å². The molecule has 2 aliphatic heterocycles. The van der Waals surface area contributed by atoms with E-state index in [-0.39, 0.29) is 42.4 Å². The van der Waals surface area contributed by atoms with Crippen molar-refractivity contribution < 1.29 is 43.1 Å². The number of alkyl halides is 3. The molecule has 0 saturated carbocycles. The van der Waals surface area contributed by atoms with E-state index in [2.05, 4.69) is 33.9 Å². The van der Waals surface area contributed by atoms with E-state index in [0.717, 1.165) is 44.9 Å². The number of ether oxygens (including phenoxy) is 6. The summed E-state index contributed by atoms with van der Waals surface area (Å²) < 4.78 is 32.5. The number of hydrogen-bond donors (Lipinski definition) is 2. The highest BCUT2D eigenvalue weighted by Crippen LogP contribution is 2.33. The van der Waals surface area contributed by atoms with E-state index < -0.39 is 34.3 Å². The molecule has 63 heavy (non-hydrogen) atoms. The van der Waals surface area contributed by atoms with Crippen LogP contribution in [0, 0.1) is 17.2 Å². The van der Waals surface area contributed by atoms with E-state index >= 15 is 0 Å². The van der Waals surface area contributed by atoms with Gasteiger partial charge in [-0.25, -0.2) is 9.59 Å². The van der Waals surface area contributed by atoms with Crippen LogP contribution in [0.1, 0.15) is 152 Å². The summed E-state index contributed by atoms with van der Waals surface area (Å²) in [6.07, 6.45) is 16.4. The van der Waals surface area contributed by atoms with Gasteiger partial charge in [-0.05, 0) is 115 Å². The average molecular weight is 939 g/mol. The highest BCUT2D eigenvalue weighted by molar-refractivity contribution is 6.76. The summed E-state index contributed by atoms with van der Waals surface area (Å²) in [6.45, 7) is 19.4. The second-order valence-electron chi connectivity index (χ2n) is 16.8. The average Bonchev–Trinajstić information content (AvgIpc) is 3.24. The summed E-state index contributed by atoms with van der Waals surface area (Å²) in [4.78, 5) is 24.8. The van der Waals surface area contributed by atoms with Gasteiger partial charge in [-0.3, -0.25) is 5.41 Å². The van der Waals surface area contributed by atoms with Crippen LogP contribution in [0.4, 0.5) is 0 Å². The Balaban J connectivity index is 0.000000355. The number of carbonyl (C=O) groups excluding carboxylic acids is 2. The molecule has 2 aromatic carbocycles. The first kappa shape index (κ1) is 56.2. The summed E-state index contributed by atoms with van der Waals surface area (Å²) in [6, 6.07) is 17.7. The van der Waals surface area contributed by atoms with Crippen molar-refractivity contribution in [2.24, 2.45) is 11.8 Å². The highest BCUT2D eigenvalue weighted by atomic mass is 35.6. The van der Waals surface area contributed by atoms with Crippen LogP contribution in [-0.4, -0.2) is 75.9 Å². The van der Waals surface area contributed by atoms with Crippen molar-refractivity contribution in [2.45, 2.75) is 184 Å². The number of allylic oxidation sites excluding steroid dienone is 2. The minimum atomic E-state index is -2.01. The molecule has 2 heterocycles. The number of benzene rings is 2. The van der Waals surface area contributed by atoms with Crippen LogP contribution < -0.4 is 0 Å². The van der Waals surface area contributed by atoms with Crippen LogP contribution >= 0.6 is 34.8 Å². The minimum absolute atomic E-state index is 0.0722. The number of hydrogen-bond acceptors (Lipinski definition) is 10. The quantitative estimate of drug-likeness (QED) is 0.0313. The van der Waals surface area contributed by atoms with Gasteiger partial charge in [-0.2, -0.15) is 0 Å². The zero-order chi connectivity index (χ0) is 46.8. The van der Waals surface area contributed by atoms with Crippen LogP contribution in [0.25, 0.3) is 0 Å². The van der Waals surface area contributed by atoms with Crippen molar-refractivity contribution in [2.75, 3.05) is 0 Å². The minimum Gasteiger partial charge on any atom is -0.453 e. The van der Waals surface area contributed by atoms with Crippen molar-refractivity contribution in [3.8, 4) is 0 Å². The highest BCUT2D eigenvalue weighted by Gasteiger charge is 2.42. The smallest absolute Gasteiger partial charge is 0.338 e. The number of aliphatic hydroxyl groups is 1. The van der Waals surface area contributed by atoms with E-state index in [1.165, 1.54) is 38.5 Å². The maximum absolute atomic E-state index is 12.5. The Kier molecular flexibility index (Phi) is 27.7. The maximum atomic E-state index is 12.5. The molecule has 0 radical (unpaired) electrons. The van der Waals surface area contributed by atoms with Crippen molar-refractivity contribution in [3.05, 3.63) is 97.1 Å². The fourth-order valence-corrected chi connectivity index (χ4v) is 6.96. The van der Waals surface area contributed by atoms with Gasteiger partial charge in [-0.15, -0.1) is 13.2 Å². The van der Waals surface area contributed by atoms with Crippen LogP contribution in [0.3, 0.4) is 0 Å². The van der Waals surface area contributed by atoms with E-state index in [4.69, 9.17) is 73.7 Å². The molecule has 10 nitrogen and oxygen atoms in total. The molecule has 354 valence electrons. The van der Waals surface area contributed by atoms with Crippen molar-refractivity contribution >= 4 is 52.6 Å². The number of carbonyl (C=O) groups is 2. The van der Waals surface area contributed by atoms with E-state index in [0.29, 0.717) is 23.5 Å². The Bertz CT molecular complexity index is 1590. The van der Waals surface area contributed by atoms with Gasteiger partial charge in [-0.1, -0.05) is 136 Å². The number of aliphatic hydroxyl groups excluding tert-OH is 1. The fourth-order valence-electron chi connectivity index (χ4n) is 6.83. The molecule has 2 N–H and O–H groups in total. The van der Waals surface area contributed by atoms with Crippen molar-refractivity contribution in [3.63, 3.8) is 0 Å². The van der Waals surface area contributed by atoms with Crippen molar-refractivity contribution in [1.82, 2.24) is 0 Å². The Morgan fingerprint density at radius 2 is 1.11 bits per heavy atom. The Hall–Kier alpha value is -2.96. The topological polar surface area (TPSA) is 134 Å². The molecule has 10 atom stereocenters. The molecule has 4 rings (SSSR count). The predicted octanol–water partition coefficient (Wildman–Crippen LogP) is 13.2. The second-order valence-corrected chi connectivity index (χ2v) is 19.0. The first-order valence-corrected chi connectivity index (χ1v) is 23.8. The van der Waals surface area contributed by atoms with Crippen LogP contribution in [-0.2, 0) is 28.4 Å². The van der Waals surface area contributed by atoms with E-state index in [1.54, 1.807) is 42.5 Å². The number of nitrogens with one attached hydrogen (secondary N) is 1. The van der Waals surface area contributed by atoms with Crippen LogP contribution in [0.15, 0.2) is 86.0 Å². The lowest BCUT2D eigenvalue weighted by Gasteiger charge is -2.39. The first-order valence-electron chi connectivity index (χ1n) is 22.7. The third kappa shape index (κ3) is 23.2. The van der Waals surface area contributed by atoms with E-state index in [9.17, 15) is 9.59 Å². The first-order chi connectivity index (χ1) is 30.0. The van der Waals surface area contributed by atoms with Gasteiger partial charge < -0.3 is 33.5 Å². The van der Waals surface area contributed by atoms with Gasteiger partial charge in [0.2, 0.25) is 12.2 Å². The SMILES string of the molecule is C=CCCCCCCC(C)O.C=CCCCCCCC(C)O[C@@H]1OC(C)[C@H](C)CC1OC(=O)c1ccccc1.CC1O[C@@H](OC(=N)C(Cl)(Cl)Cl)C(OC(=O)c2ccccc2)C[C@H]1C. The normalized spacial score (nSPS) is 24.2. The lowest BCUT2D eigenvalue weighted by molar-refractivity contribution is -0.263. The zero-order valence-electron chi connectivity index (χ0n) is 38.4. The number of esters is 2. The van der Waals surface area contributed by atoms with Gasteiger partial charge >= 0.3 is 11.9 Å². The lowest BCUT2D eigenvalue weighted by atomic mass is 9.95. The molecule has 0 bridgehead atoms. The molecule has 13 heteroatoms. The summed E-state index contributed by atoms with van der Waals surface area (Å²) >= 11 is 16.9. The third-order valence-electron chi connectivity index (χ3n) is 11.1. The zero-order valence-corrected chi connectivity index (χ0v) is 40.6. The number of rotatable bonds is 21. The van der Waals surface area contributed by atoms with Gasteiger partial charge in [0.15, 0.2) is 18.5 Å². The standard InChI is InChI=1S/C24H36O4.C16H18Cl3NO4.C10H20O/c1-5-6-7-8-9-11-14-19(3)26-24-22(17-18(2)20(4)27-24)28-23(25)21-15-12-10-13-16-21;1-9-8-12(23-13(21)11-6-4-3-5-7-11)14(22-10(9)2)24-15(20)16(17,18)19;1-3-4-5-6-7-8-9-10(2)11/h5,10,12-13,15-16,18-20,22,24H,1,6-9,11,14,17H2,2-4H3;3-7,9-10,12,14,20H,8H2,1-2H3;3,10-11H,1,4-9H2,2H3/t18-,19?,20?,22?,24-;9-,10?,12?,14+;/m11./s1. The second kappa shape index (κ2) is 31.0. The molecule has 2 fully saturated rings. The Morgan fingerprint density at radius 1 is 0.698 bits per heavy atom. The van der Waals surface area contributed by atoms with Crippen molar-refractivity contribution in [1.29, 1.82) is 5.41 Å². The van der Waals surface area contributed by atoms with Gasteiger partial charge in [0.05, 0.1) is 35.5 Å². The molecule has 6 unspecified atom stereocenters. The molecule has 2 aromatic rings. The predicted molar refractivity (Wildman–Crippen MR) is 255 cm³/mol. The van der Waals surface area contributed by atoms with E-state index in [1.807, 2.05) is 51.1 Å². The molecule has 0 aliphatic carbocycles. The number of unbranched alkanes of at least 4 members (excludes halogenated alkanes) is 8. The molecule has 0 spiro atoms. The monoisotopic (exact) mass is 937 g/mol. The molecular formula is C50H74Cl3NO9. The van der Waals surface area contributed by atoms with Gasteiger partial charge in [0.1, 0.15) is 0 Å². The molecular weight excluding hydrogens is 865 g/mol. The summed E-state index contributed by atoms with van der Waals surface area (Å²) in [5, 5.41) is 16.6. The Labute approximate surface area is 392 Å². The van der Waals surface area contributed by atoms with Gasteiger partial charge in [0, 0.05) is 0 Å². The summed E-state index contributed by atoms with van der Waals surface area (Å²) in [5.41, 5.74) is 0.971. The lowest BCUT2D eigenvalue weighted by Crippen LogP contribution is -2.47. The van der Waals surface area contributed by atoms with Crippen LogP contribution in [0.5, 0.6) is 0 Å². The molecule has 2 aliphatic rings. The summed E-state index contributed by atoms with van der Waals surface area (Å²) in [5.74, 6) is -0.951. The largest absolute Gasteiger partial charge is 0.453 e. The Morgan fingerprint density at radius 3 is 1.54 bits per heavy atom. The summed E-state index contributed by atoms with van der Waals surface area (Å²) in [7, 11) is 0. The molecule has 0 amide bonds. The maximum Gasteiger partial charge on any atom is 0.338 e. The van der Waals surface area contributed by atoms with Crippen LogP contribution in [0.2, 0.25) is 0 Å². The fraction of sp³-hybridized carbons (Fsp3) is 0.620. The molecule has 0 aromatic heterocycles. The molecule has 2 saturated heterocycles.